The number of carbonyl (C=O) groups excluding carboxylic acids is 1. The fraction of sp³-hybridized carbons (Fsp3) is 0.200. The Morgan fingerprint density at radius 2 is 1.85 bits per heavy atom. The molecule has 0 bridgehead atoms. The lowest BCUT2D eigenvalue weighted by molar-refractivity contribution is -0.139. The molecule has 0 spiro atoms. The number of hydrogen-bond donors (Lipinski definition) is 3. The summed E-state index contributed by atoms with van der Waals surface area (Å²) in [5, 5.41) is 16.0. The van der Waals surface area contributed by atoms with Crippen molar-refractivity contribution < 1.29 is 14.7 Å². The van der Waals surface area contributed by atoms with Crippen LogP contribution in [0.2, 0.25) is 0 Å². The minimum absolute atomic E-state index is 0.334. The van der Waals surface area contributed by atoms with Gasteiger partial charge in [-0.25, -0.2) is 9.59 Å². The van der Waals surface area contributed by atoms with Gasteiger partial charge in [-0.05, 0) is 29.3 Å². The number of anilines is 1. The molecule has 0 radical (unpaired) electrons. The Bertz CT molecular complexity index is 640. The van der Waals surface area contributed by atoms with Crippen molar-refractivity contribution in [1.29, 1.82) is 0 Å². The first kappa shape index (κ1) is 13.9. The number of rotatable bonds is 4. The van der Waals surface area contributed by atoms with E-state index in [4.69, 9.17) is 5.11 Å². The van der Waals surface area contributed by atoms with E-state index >= 15 is 0 Å². The van der Waals surface area contributed by atoms with E-state index in [1.807, 2.05) is 36.4 Å². The number of urea groups is 1. The number of carboxylic acids is 1. The summed E-state index contributed by atoms with van der Waals surface area (Å²) < 4.78 is 0. The van der Waals surface area contributed by atoms with Gasteiger partial charge in [0.2, 0.25) is 0 Å². The van der Waals surface area contributed by atoms with E-state index in [9.17, 15) is 9.59 Å². The number of benzene rings is 2. The molecule has 0 fully saturated rings. The molecule has 0 aromatic heterocycles. The van der Waals surface area contributed by atoms with E-state index < -0.39 is 18.0 Å². The monoisotopic (exact) mass is 272 g/mol. The van der Waals surface area contributed by atoms with E-state index in [0.29, 0.717) is 12.1 Å². The highest BCUT2D eigenvalue weighted by molar-refractivity contribution is 5.95. The van der Waals surface area contributed by atoms with Crippen LogP contribution >= 0.6 is 0 Å². The maximum absolute atomic E-state index is 11.7. The van der Waals surface area contributed by atoms with Gasteiger partial charge in [0.25, 0.3) is 0 Å². The Morgan fingerprint density at radius 1 is 1.15 bits per heavy atom. The van der Waals surface area contributed by atoms with Crippen molar-refractivity contribution in [1.82, 2.24) is 5.32 Å². The number of hydrogen-bond acceptors (Lipinski definition) is 2. The zero-order valence-electron chi connectivity index (χ0n) is 11.1. The minimum atomic E-state index is -1.04. The minimum Gasteiger partial charge on any atom is -0.480 e. The second-order valence-electron chi connectivity index (χ2n) is 4.46. The number of carboxylic acid groups (broad SMARTS) is 1. The molecule has 104 valence electrons. The van der Waals surface area contributed by atoms with Gasteiger partial charge >= 0.3 is 12.0 Å². The third kappa shape index (κ3) is 3.26. The molecule has 2 rings (SSSR count). The largest absolute Gasteiger partial charge is 0.480 e. The number of aliphatic carboxylic acids is 1. The van der Waals surface area contributed by atoms with Gasteiger partial charge in [-0.2, -0.15) is 0 Å². The Balaban J connectivity index is 2.07. The first-order chi connectivity index (χ1) is 9.60. The Morgan fingerprint density at radius 3 is 2.50 bits per heavy atom. The molecule has 3 N–H and O–H groups in total. The number of nitrogens with one attached hydrogen (secondary N) is 2. The van der Waals surface area contributed by atoms with E-state index in [0.717, 1.165) is 10.8 Å². The van der Waals surface area contributed by atoms with E-state index in [1.54, 1.807) is 13.0 Å². The molecule has 0 heterocycles. The lowest BCUT2D eigenvalue weighted by Gasteiger charge is -2.13. The molecule has 1 atom stereocenters. The summed E-state index contributed by atoms with van der Waals surface area (Å²) >= 11 is 0. The molecule has 0 aliphatic carbocycles. The molecule has 0 saturated heterocycles. The molecule has 5 heteroatoms. The van der Waals surface area contributed by atoms with E-state index in [2.05, 4.69) is 10.6 Å². The van der Waals surface area contributed by atoms with Crippen molar-refractivity contribution >= 4 is 28.5 Å². The van der Waals surface area contributed by atoms with E-state index in [1.165, 1.54) is 0 Å². The van der Waals surface area contributed by atoms with Crippen LogP contribution in [0.5, 0.6) is 0 Å². The van der Waals surface area contributed by atoms with Crippen LogP contribution in [0.25, 0.3) is 10.8 Å². The van der Waals surface area contributed by atoms with Crippen LogP contribution in [-0.2, 0) is 4.79 Å². The average Bonchev–Trinajstić information content (AvgIpc) is 2.44. The second kappa shape index (κ2) is 6.06. The van der Waals surface area contributed by atoms with Gasteiger partial charge in [-0.3, -0.25) is 0 Å². The zero-order chi connectivity index (χ0) is 14.5. The van der Waals surface area contributed by atoms with Gasteiger partial charge in [0.15, 0.2) is 0 Å². The second-order valence-corrected chi connectivity index (χ2v) is 4.46. The summed E-state index contributed by atoms with van der Waals surface area (Å²) in [5.41, 5.74) is 0.626. The van der Waals surface area contributed by atoms with E-state index in [-0.39, 0.29) is 0 Å². The molecule has 0 aliphatic heterocycles. The summed E-state index contributed by atoms with van der Waals surface area (Å²) in [6, 6.07) is 11.9. The molecule has 0 unspecified atom stereocenters. The maximum Gasteiger partial charge on any atom is 0.326 e. The van der Waals surface area contributed by atoms with Crippen molar-refractivity contribution in [3.8, 4) is 0 Å². The molecule has 0 aliphatic rings. The summed E-state index contributed by atoms with van der Waals surface area (Å²) in [4.78, 5) is 22.6. The molecule has 5 nitrogen and oxygen atoms in total. The maximum atomic E-state index is 11.7. The summed E-state index contributed by atoms with van der Waals surface area (Å²) in [6.07, 6.45) is 0.334. The van der Waals surface area contributed by atoms with Gasteiger partial charge in [0.05, 0.1) is 0 Å². The smallest absolute Gasteiger partial charge is 0.326 e. The first-order valence-corrected chi connectivity index (χ1v) is 6.39. The van der Waals surface area contributed by atoms with Crippen molar-refractivity contribution in [2.45, 2.75) is 19.4 Å². The highest BCUT2D eigenvalue weighted by atomic mass is 16.4. The predicted molar refractivity (Wildman–Crippen MR) is 77.8 cm³/mol. The highest BCUT2D eigenvalue weighted by Crippen LogP contribution is 2.18. The SMILES string of the molecule is CC[C@@H](NC(=O)Nc1ccc2ccccc2c1)C(=O)O. The topological polar surface area (TPSA) is 78.4 Å². The number of carbonyl (C=O) groups is 2. The Hall–Kier alpha value is -2.56. The van der Waals surface area contributed by atoms with Crippen molar-refractivity contribution in [2.24, 2.45) is 0 Å². The van der Waals surface area contributed by atoms with Crippen LogP contribution in [0, 0.1) is 0 Å². The molecule has 2 aromatic rings. The van der Waals surface area contributed by atoms with Crippen molar-refractivity contribution in [3.05, 3.63) is 42.5 Å². The summed E-state index contributed by atoms with van der Waals surface area (Å²) in [7, 11) is 0. The van der Waals surface area contributed by atoms with Crippen LogP contribution in [0.4, 0.5) is 10.5 Å². The van der Waals surface area contributed by atoms with Crippen LogP contribution < -0.4 is 10.6 Å². The zero-order valence-corrected chi connectivity index (χ0v) is 11.1. The standard InChI is InChI=1S/C15H16N2O3/c1-2-13(14(18)19)17-15(20)16-12-8-7-10-5-3-4-6-11(10)9-12/h3-9,13H,2H2,1H3,(H,18,19)(H2,16,17,20)/t13-/m1/s1. The molecule has 2 amide bonds. The summed E-state index contributed by atoms with van der Waals surface area (Å²) in [5.74, 6) is -1.04. The fourth-order valence-corrected chi connectivity index (χ4v) is 1.93. The van der Waals surface area contributed by atoms with Crippen molar-refractivity contribution in [3.63, 3.8) is 0 Å². The quantitative estimate of drug-likeness (QED) is 0.800. The van der Waals surface area contributed by atoms with Gasteiger partial charge in [-0.1, -0.05) is 37.3 Å². The van der Waals surface area contributed by atoms with Crippen molar-refractivity contribution in [2.75, 3.05) is 5.32 Å². The molecule has 2 aromatic carbocycles. The average molecular weight is 272 g/mol. The first-order valence-electron chi connectivity index (χ1n) is 6.39. The lowest BCUT2D eigenvalue weighted by atomic mass is 10.1. The van der Waals surface area contributed by atoms with Gasteiger partial charge in [0.1, 0.15) is 6.04 Å². The van der Waals surface area contributed by atoms with Gasteiger partial charge < -0.3 is 15.7 Å². The Labute approximate surface area is 116 Å². The third-order valence-electron chi connectivity index (χ3n) is 3.02. The third-order valence-corrected chi connectivity index (χ3v) is 3.02. The molecular weight excluding hydrogens is 256 g/mol. The highest BCUT2D eigenvalue weighted by Gasteiger charge is 2.17. The molecule has 0 saturated carbocycles. The Kier molecular flexibility index (Phi) is 4.20. The number of fused-ring (bicyclic) bond motifs is 1. The van der Waals surface area contributed by atoms with Crippen LogP contribution in [0.3, 0.4) is 0 Å². The van der Waals surface area contributed by atoms with Crippen LogP contribution in [-0.4, -0.2) is 23.1 Å². The fourth-order valence-electron chi connectivity index (χ4n) is 1.93. The summed E-state index contributed by atoms with van der Waals surface area (Å²) in [6.45, 7) is 1.70. The number of amides is 2. The lowest BCUT2D eigenvalue weighted by Crippen LogP contribution is -2.42. The van der Waals surface area contributed by atoms with Crippen LogP contribution in [0.1, 0.15) is 13.3 Å². The molecule has 20 heavy (non-hydrogen) atoms. The normalized spacial score (nSPS) is 11.8. The van der Waals surface area contributed by atoms with Crippen LogP contribution in [0.15, 0.2) is 42.5 Å². The predicted octanol–water partition coefficient (Wildman–Crippen LogP) is 2.82. The van der Waals surface area contributed by atoms with Gasteiger partial charge in [-0.15, -0.1) is 0 Å². The van der Waals surface area contributed by atoms with Gasteiger partial charge in [0, 0.05) is 5.69 Å². The molecular formula is C15H16N2O3.